The second-order valence-electron chi connectivity index (χ2n) is 5.65. The number of nitro groups is 1. The van der Waals surface area contributed by atoms with Crippen LogP contribution < -0.4 is 5.32 Å². The molecule has 7 heteroatoms. The first-order valence-corrected chi connectivity index (χ1v) is 6.81. The summed E-state index contributed by atoms with van der Waals surface area (Å²) in [6.45, 7) is 5.10. The van der Waals surface area contributed by atoms with Gasteiger partial charge in [0.25, 0.3) is 11.6 Å². The summed E-state index contributed by atoms with van der Waals surface area (Å²) < 4.78 is 0. The zero-order chi connectivity index (χ0) is 14.3. The van der Waals surface area contributed by atoms with Crippen molar-refractivity contribution in [1.29, 1.82) is 0 Å². The number of likely N-dealkylation sites (tertiary alicyclic amines) is 1. The average molecular weight is 312 g/mol. The Hall–Kier alpha value is -1.66. The monoisotopic (exact) mass is 311 g/mol. The molecule has 114 valence electrons. The van der Waals surface area contributed by atoms with Crippen molar-refractivity contribution in [3.05, 3.63) is 39.4 Å². The Kier molecular flexibility index (Phi) is 4.49. The average Bonchev–Trinajstić information content (AvgIpc) is 2.98. The van der Waals surface area contributed by atoms with E-state index in [0.717, 1.165) is 26.2 Å². The molecule has 2 aliphatic heterocycles. The Morgan fingerprint density at radius 3 is 2.52 bits per heavy atom. The number of nitrogens with one attached hydrogen (secondary N) is 1. The maximum atomic E-state index is 12.4. The number of aryl methyl sites for hydroxylation is 1. The minimum atomic E-state index is -0.436. The van der Waals surface area contributed by atoms with Crippen molar-refractivity contribution >= 4 is 24.0 Å². The van der Waals surface area contributed by atoms with Crippen LogP contribution in [0.4, 0.5) is 5.69 Å². The lowest BCUT2D eigenvalue weighted by Gasteiger charge is -2.17. The van der Waals surface area contributed by atoms with Crippen molar-refractivity contribution in [2.75, 3.05) is 26.2 Å². The summed E-state index contributed by atoms with van der Waals surface area (Å²) in [6.07, 6.45) is 0. The van der Waals surface area contributed by atoms with Gasteiger partial charge in [0.1, 0.15) is 0 Å². The summed E-state index contributed by atoms with van der Waals surface area (Å²) in [6, 6.07) is 4.71. The maximum Gasteiger partial charge on any atom is 0.273 e. The Bertz CT molecular complexity index is 567. The molecule has 0 radical (unpaired) electrons. The van der Waals surface area contributed by atoms with E-state index in [0.29, 0.717) is 23.0 Å². The lowest BCUT2D eigenvalue weighted by molar-refractivity contribution is -0.385. The summed E-state index contributed by atoms with van der Waals surface area (Å²) in [5.41, 5.74) is 1.00. The molecule has 2 atom stereocenters. The van der Waals surface area contributed by atoms with E-state index >= 15 is 0 Å². The van der Waals surface area contributed by atoms with Gasteiger partial charge in [-0.2, -0.15) is 0 Å². The minimum absolute atomic E-state index is 0. The third-order valence-electron chi connectivity index (χ3n) is 4.33. The van der Waals surface area contributed by atoms with Gasteiger partial charge >= 0.3 is 0 Å². The molecule has 0 aromatic heterocycles. The molecule has 2 saturated heterocycles. The smallest absolute Gasteiger partial charge is 0.273 e. The number of rotatable bonds is 2. The van der Waals surface area contributed by atoms with Crippen molar-refractivity contribution in [1.82, 2.24) is 10.2 Å². The molecule has 3 rings (SSSR count). The fourth-order valence-electron chi connectivity index (χ4n) is 3.14. The van der Waals surface area contributed by atoms with Crippen LogP contribution in [0.15, 0.2) is 18.2 Å². The van der Waals surface area contributed by atoms with E-state index in [-0.39, 0.29) is 24.0 Å². The van der Waals surface area contributed by atoms with E-state index in [9.17, 15) is 14.9 Å². The number of carbonyl (C=O) groups excluding carboxylic acids is 1. The topological polar surface area (TPSA) is 75.5 Å². The van der Waals surface area contributed by atoms with Gasteiger partial charge in [-0.1, -0.05) is 6.07 Å². The van der Waals surface area contributed by atoms with Crippen molar-refractivity contribution in [2.24, 2.45) is 11.8 Å². The summed E-state index contributed by atoms with van der Waals surface area (Å²) in [5, 5.41) is 14.3. The van der Waals surface area contributed by atoms with E-state index in [1.54, 1.807) is 19.1 Å². The molecule has 0 spiro atoms. The number of fused-ring (bicyclic) bond motifs is 1. The molecule has 1 N–H and O–H groups in total. The molecule has 21 heavy (non-hydrogen) atoms. The standard InChI is InChI=1S/C14H17N3O3.ClH/c1-9-2-3-10(4-13(9)17(19)20)14(18)16-7-11-5-15-6-12(11)8-16;/h2-4,11-12,15H,5-8H2,1H3;1H/t11-,12+;. The number of halogens is 1. The fourth-order valence-corrected chi connectivity index (χ4v) is 3.14. The van der Waals surface area contributed by atoms with Crippen molar-refractivity contribution < 1.29 is 9.72 Å². The van der Waals surface area contributed by atoms with Crippen LogP contribution >= 0.6 is 12.4 Å². The van der Waals surface area contributed by atoms with E-state index in [4.69, 9.17) is 0 Å². The summed E-state index contributed by atoms with van der Waals surface area (Å²) in [7, 11) is 0. The predicted molar refractivity (Wildman–Crippen MR) is 80.8 cm³/mol. The highest BCUT2D eigenvalue weighted by molar-refractivity contribution is 5.95. The molecule has 1 amide bonds. The molecule has 0 aliphatic carbocycles. The number of amides is 1. The van der Waals surface area contributed by atoms with Crippen LogP contribution in [0.25, 0.3) is 0 Å². The number of nitrogens with zero attached hydrogens (tertiary/aromatic N) is 2. The Balaban J connectivity index is 0.00000161. The quantitative estimate of drug-likeness (QED) is 0.665. The Morgan fingerprint density at radius 2 is 1.95 bits per heavy atom. The van der Waals surface area contributed by atoms with Crippen molar-refractivity contribution in [3.63, 3.8) is 0 Å². The normalized spacial score (nSPS) is 23.6. The minimum Gasteiger partial charge on any atom is -0.338 e. The maximum absolute atomic E-state index is 12.4. The van der Waals surface area contributed by atoms with Crippen LogP contribution in [0.5, 0.6) is 0 Å². The highest BCUT2D eigenvalue weighted by Gasteiger charge is 2.38. The molecule has 1 aromatic carbocycles. The van der Waals surface area contributed by atoms with Crippen LogP contribution in [-0.4, -0.2) is 41.9 Å². The van der Waals surface area contributed by atoms with E-state index in [2.05, 4.69) is 5.32 Å². The fraction of sp³-hybridized carbons (Fsp3) is 0.500. The Morgan fingerprint density at radius 1 is 1.33 bits per heavy atom. The van der Waals surface area contributed by atoms with Crippen molar-refractivity contribution in [3.8, 4) is 0 Å². The Labute approximate surface area is 129 Å². The van der Waals surface area contributed by atoms with Crippen LogP contribution in [0.1, 0.15) is 15.9 Å². The molecule has 0 bridgehead atoms. The first kappa shape index (κ1) is 15.7. The predicted octanol–water partition coefficient (Wildman–Crippen LogP) is 1.62. The number of benzene rings is 1. The van der Waals surface area contributed by atoms with Crippen LogP contribution in [0.2, 0.25) is 0 Å². The lowest BCUT2D eigenvalue weighted by atomic mass is 10.0. The van der Waals surface area contributed by atoms with Gasteiger partial charge in [-0.15, -0.1) is 12.4 Å². The SMILES string of the molecule is Cc1ccc(C(=O)N2C[C@H]3CNC[C@H]3C2)cc1[N+](=O)[O-].Cl. The third kappa shape index (κ3) is 2.87. The molecular weight excluding hydrogens is 294 g/mol. The molecule has 0 unspecified atom stereocenters. The van der Waals surface area contributed by atoms with Gasteiger partial charge in [-0.25, -0.2) is 0 Å². The molecule has 6 nitrogen and oxygen atoms in total. The summed E-state index contributed by atoms with van der Waals surface area (Å²) in [5.74, 6) is 0.960. The van der Waals surface area contributed by atoms with Gasteiger partial charge in [0.2, 0.25) is 0 Å². The molecular formula is C14H18ClN3O3. The number of hydrogen-bond acceptors (Lipinski definition) is 4. The largest absolute Gasteiger partial charge is 0.338 e. The molecule has 2 heterocycles. The number of carbonyl (C=O) groups is 1. The molecule has 1 aromatic rings. The van der Waals surface area contributed by atoms with E-state index in [1.165, 1.54) is 6.07 Å². The van der Waals surface area contributed by atoms with Gasteiger partial charge in [-0.3, -0.25) is 14.9 Å². The van der Waals surface area contributed by atoms with Crippen LogP contribution in [0, 0.1) is 28.9 Å². The van der Waals surface area contributed by atoms with Gasteiger partial charge in [-0.05, 0) is 24.8 Å². The first-order valence-electron chi connectivity index (χ1n) is 6.81. The van der Waals surface area contributed by atoms with Gasteiger partial charge in [0, 0.05) is 43.4 Å². The van der Waals surface area contributed by atoms with Gasteiger partial charge < -0.3 is 10.2 Å². The second kappa shape index (κ2) is 5.99. The zero-order valence-corrected chi connectivity index (χ0v) is 12.6. The summed E-state index contributed by atoms with van der Waals surface area (Å²) in [4.78, 5) is 24.8. The molecule has 2 fully saturated rings. The summed E-state index contributed by atoms with van der Waals surface area (Å²) >= 11 is 0. The lowest BCUT2D eigenvalue weighted by Crippen LogP contribution is -2.31. The number of nitro benzene ring substituents is 1. The highest BCUT2D eigenvalue weighted by atomic mass is 35.5. The van der Waals surface area contributed by atoms with Crippen LogP contribution in [-0.2, 0) is 0 Å². The van der Waals surface area contributed by atoms with Gasteiger partial charge in [0.15, 0.2) is 0 Å². The molecule has 2 aliphatic rings. The van der Waals surface area contributed by atoms with E-state index < -0.39 is 4.92 Å². The second-order valence-corrected chi connectivity index (χ2v) is 5.65. The highest BCUT2D eigenvalue weighted by Crippen LogP contribution is 2.28. The zero-order valence-electron chi connectivity index (χ0n) is 11.7. The van der Waals surface area contributed by atoms with Gasteiger partial charge in [0.05, 0.1) is 4.92 Å². The van der Waals surface area contributed by atoms with Crippen LogP contribution in [0.3, 0.4) is 0 Å². The first-order chi connectivity index (χ1) is 9.56. The third-order valence-corrected chi connectivity index (χ3v) is 4.33. The van der Waals surface area contributed by atoms with Crippen molar-refractivity contribution in [2.45, 2.75) is 6.92 Å². The molecule has 0 saturated carbocycles. The number of hydrogen-bond donors (Lipinski definition) is 1. The van der Waals surface area contributed by atoms with E-state index in [1.807, 2.05) is 4.90 Å².